The van der Waals surface area contributed by atoms with Gasteiger partial charge in [-0.1, -0.05) is 25.5 Å². The van der Waals surface area contributed by atoms with Crippen molar-refractivity contribution in [2.24, 2.45) is 0 Å². The molecule has 0 fully saturated rings. The topological polar surface area (TPSA) is 114 Å². The highest BCUT2D eigenvalue weighted by atomic mass is 32.2. The van der Waals surface area contributed by atoms with Crippen LogP contribution in [0.1, 0.15) is 43.0 Å². The third-order valence-corrected chi connectivity index (χ3v) is 6.27. The van der Waals surface area contributed by atoms with E-state index in [1.807, 2.05) is 6.92 Å². The second-order valence-corrected chi connectivity index (χ2v) is 9.59. The zero-order valence-electron chi connectivity index (χ0n) is 18.8. The van der Waals surface area contributed by atoms with Gasteiger partial charge in [-0.2, -0.15) is 0 Å². The van der Waals surface area contributed by atoms with Gasteiger partial charge in [0.1, 0.15) is 0 Å². The minimum absolute atomic E-state index is 0.0857. The minimum atomic E-state index is -3.57. The van der Waals surface area contributed by atoms with Crippen LogP contribution in [-0.2, 0) is 14.8 Å². The van der Waals surface area contributed by atoms with Crippen LogP contribution in [0.5, 0.6) is 11.5 Å². The smallest absolute Gasteiger partial charge is 0.253 e. The Kier molecular flexibility index (Phi) is 8.16. The molecule has 2 aromatic carbocycles. The molecule has 2 N–H and O–H groups in total. The number of carbonyl (C=O) groups is 2. The summed E-state index contributed by atoms with van der Waals surface area (Å²) in [5.41, 5.74) is 1.25. The van der Waals surface area contributed by atoms with Gasteiger partial charge in [0, 0.05) is 25.6 Å². The van der Waals surface area contributed by atoms with E-state index < -0.39 is 10.0 Å². The first kappa shape index (κ1) is 24.4. The van der Waals surface area contributed by atoms with Crippen LogP contribution in [0.25, 0.3) is 0 Å². The number of nitrogens with one attached hydrogen (secondary N) is 2. The molecular weight excluding hydrogens is 446 g/mol. The summed E-state index contributed by atoms with van der Waals surface area (Å²) in [7, 11) is -3.57. The maximum atomic E-state index is 12.5. The van der Waals surface area contributed by atoms with Gasteiger partial charge in [-0.15, -0.1) is 0 Å². The molecule has 10 heteroatoms. The average Bonchev–Trinajstić information content (AvgIpc) is 3.24. The zero-order chi connectivity index (χ0) is 23.8. The molecule has 1 heterocycles. The van der Waals surface area contributed by atoms with Crippen molar-refractivity contribution in [3.05, 3.63) is 48.0 Å². The highest BCUT2D eigenvalue weighted by Crippen LogP contribution is 2.36. The molecular formula is C23H29N3O6S. The van der Waals surface area contributed by atoms with Crippen molar-refractivity contribution in [1.29, 1.82) is 0 Å². The fraction of sp³-hybridized carbons (Fsp3) is 0.391. The number of sulfonamides is 1. The zero-order valence-corrected chi connectivity index (χ0v) is 19.6. The number of para-hydroxylation sites is 1. The van der Waals surface area contributed by atoms with Gasteiger partial charge in [-0.25, -0.2) is 8.42 Å². The molecule has 9 nitrogen and oxygen atoms in total. The lowest BCUT2D eigenvalue weighted by Gasteiger charge is -2.22. The van der Waals surface area contributed by atoms with Gasteiger partial charge in [0.2, 0.25) is 22.7 Å². The molecule has 0 bridgehead atoms. The molecule has 0 saturated carbocycles. The van der Waals surface area contributed by atoms with E-state index in [0.717, 1.165) is 19.1 Å². The van der Waals surface area contributed by atoms with E-state index in [4.69, 9.17) is 9.47 Å². The number of ether oxygens (including phenoxy) is 2. The maximum absolute atomic E-state index is 12.5. The van der Waals surface area contributed by atoms with Crippen LogP contribution < -0.4 is 24.4 Å². The molecule has 33 heavy (non-hydrogen) atoms. The molecule has 2 aromatic rings. The lowest BCUT2D eigenvalue weighted by molar-refractivity contribution is -0.116. The van der Waals surface area contributed by atoms with Crippen molar-refractivity contribution >= 4 is 33.2 Å². The summed E-state index contributed by atoms with van der Waals surface area (Å²) in [4.78, 5) is 24.9. The van der Waals surface area contributed by atoms with Crippen LogP contribution in [0.3, 0.4) is 0 Å². The fourth-order valence-corrected chi connectivity index (χ4v) is 4.34. The standard InChI is InChI=1S/C23H29N3O6S/c1-3-4-13-24-23(28)18-8-5-6-9-19(18)25-22(27)10-7-14-26(33(2,29)30)17-11-12-20-21(15-17)32-16-31-20/h5-6,8-9,11-12,15H,3-4,7,10,13-14,16H2,1-2H3,(H,24,28)(H,25,27). The average molecular weight is 476 g/mol. The van der Waals surface area contributed by atoms with Gasteiger partial charge >= 0.3 is 0 Å². The quantitative estimate of drug-likeness (QED) is 0.483. The summed E-state index contributed by atoms with van der Waals surface area (Å²) < 4.78 is 36.5. The van der Waals surface area contributed by atoms with Crippen LogP contribution in [0.4, 0.5) is 11.4 Å². The molecule has 3 rings (SSSR count). The third-order valence-electron chi connectivity index (χ3n) is 5.07. The van der Waals surface area contributed by atoms with E-state index in [2.05, 4.69) is 10.6 Å². The van der Waals surface area contributed by atoms with E-state index in [1.54, 1.807) is 42.5 Å². The monoisotopic (exact) mass is 475 g/mol. The van der Waals surface area contributed by atoms with Crippen LogP contribution in [0, 0.1) is 0 Å². The number of anilines is 2. The molecule has 0 saturated heterocycles. The van der Waals surface area contributed by atoms with Gasteiger partial charge in [-0.3, -0.25) is 13.9 Å². The van der Waals surface area contributed by atoms with Crippen molar-refractivity contribution in [2.45, 2.75) is 32.6 Å². The first-order valence-corrected chi connectivity index (χ1v) is 12.7. The first-order chi connectivity index (χ1) is 15.8. The number of hydrogen-bond acceptors (Lipinski definition) is 6. The largest absolute Gasteiger partial charge is 0.454 e. The van der Waals surface area contributed by atoms with E-state index in [1.165, 1.54) is 4.31 Å². The lowest BCUT2D eigenvalue weighted by Crippen LogP contribution is -2.31. The highest BCUT2D eigenvalue weighted by Gasteiger charge is 2.22. The summed E-state index contributed by atoms with van der Waals surface area (Å²) >= 11 is 0. The van der Waals surface area contributed by atoms with Crippen molar-refractivity contribution in [2.75, 3.05) is 35.8 Å². The summed E-state index contributed by atoms with van der Waals surface area (Å²) in [5.74, 6) is 0.491. The molecule has 0 aromatic heterocycles. The minimum Gasteiger partial charge on any atom is -0.454 e. The van der Waals surface area contributed by atoms with E-state index in [0.29, 0.717) is 35.0 Å². The van der Waals surface area contributed by atoms with Crippen molar-refractivity contribution < 1.29 is 27.5 Å². The summed E-state index contributed by atoms with van der Waals surface area (Å²) in [6.07, 6.45) is 3.33. The van der Waals surface area contributed by atoms with Gasteiger partial charge in [0.15, 0.2) is 11.5 Å². The predicted octanol–water partition coefficient (Wildman–Crippen LogP) is 3.13. The molecule has 0 aliphatic carbocycles. The lowest BCUT2D eigenvalue weighted by atomic mass is 10.1. The normalized spacial score (nSPS) is 12.3. The Bertz CT molecular complexity index is 1100. The van der Waals surface area contributed by atoms with E-state index >= 15 is 0 Å². The number of hydrogen-bond donors (Lipinski definition) is 2. The Morgan fingerprint density at radius 3 is 2.58 bits per heavy atom. The molecule has 0 spiro atoms. The van der Waals surface area contributed by atoms with Gasteiger partial charge < -0.3 is 20.1 Å². The number of benzene rings is 2. The maximum Gasteiger partial charge on any atom is 0.253 e. The second kappa shape index (κ2) is 11.0. The Morgan fingerprint density at radius 1 is 1.06 bits per heavy atom. The Hall–Kier alpha value is -3.27. The van der Waals surface area contributed by atoms with Crippen molar-refractivity contribution in [1.82, 2.24) is 5.32 Å². The van der Waals surface area contributed by atoms with E-state index in [-0.39, 0.29) is 38.0 Å². The number of nitrogens with zero attached hydrogens (tertiary/aromatic N) is 1. The third kappa shape index (κ3) is 6.61. The van der Waals surface area contributed by atoms with Gasteiger partial charge in [-0.05, 0) is 37.1 Å². The molecule has 1 aliphatic heterocycles. The van der Waals surface area contributed by atoms with Crippen molar-refractivity contribution in [3.63, 3.8) is 0 Å². The number of unbranched alkanes of at least 4 members (excludes halogenated alkanes) is 1. The van der Waals surface area contributed by atoms with Gasteiger partial charge in [0.05, 0.1) is 23.2 Å². The van der Waals surface area contributed by atoms with E-state index in [9.17, 15) is 18.0 Å². The molecule has 0 radical (unpaired) electrons. The van der Waals surface area contributed by atoms with Crippen molar-refractivity contribution in [3.8, 4) is 11.5 Å². The Balaban J connectivity index is 1.60. The summed E-state index contributed by atoms with van der Waals surface area (Å²) in [6.45, 7) is 2.82. The SMILES string of the molecule is CCCCNC(=O)c1ccccc1NC(=O)CCCN(c1ccc2c(c1)OCO2)S(C)(=O)=O. The Labute approximate surface area is 194 Å². The molecule has 1 aliphatic rings. The van der Waals surface area contributed by atoms with Crippen LogP contribution >= 0.6 is 0 Å². The summed E-state index contributed by atoms with van der Waals surface area (Å²) in [5, 5.41) is 5.61. The molecule has 2 amide bonds. The number of carbonyl (C=O) groups excluding carboxylic acids is 2. The molecule has 0 unspecified atom stereocenters. The second-order valence-electron chi connectivity index (χ2n) is 7.68. The van der Waals surface area contributed by atoms with Crippen LogP contribution in [-0.4, -0.2) is 46.4 Å². The predicted molar refractivity (Wildman–Crippen MR) is 126 cm³/mol. The number of amides is 2. The molecule has 178 valence electrons. The van der Waals surface area contributed by atoms with Gasteiger partial charge in [0.25, 0.3) is 5.91 Å². The fourth-order valence-electron chi connectivity index (χ4n) is 3.39. The highest BCUT2D eigenvalue weighted by molar-refractivity contribution is 7.92. The Morgan fingerprint density at radius 2 is 1.82 bits per heavy atom. The number of fused-ring (bicyclic) bond motifs is 1. The van der Waals surface area contributed by atoms with Crippen LogP contribution in [0.15, 0.2) is 42.5 Å². The summed E-state index contributed by atoms with van der Waals surface area (Å²) in [6, 6.07) is 11.7. The number of rotatable bonds is 11. The first-order valence-electron chi connectivity index (χ1n) is 10.8. The molecule has 0 atom stereocenters. The van der Waals surface area contributed by atoms with Crippen LogP contribution in [0.2, 0.25) is 0 Å².